The molecule has 16 heavy (non-hydrogen) atoms. The number of hydrogen-bond donors (Lipinski definition) is 2. The Morgan fingerprint density at radius 3 is 2.62 bits per heavy atom. The van der Waals surface area contributed by atoms with Gasteiger partial charge in [-0.3, -0.25) is 5.10 Å². The number of thioether (sulfide) groups is 1. The normalized spacial score (nSPS) is 12.0. The van der Waals surface area contributed by atoms with Crippen molar-refractivity contribution in [1.82, 2.24) is 20.5 Å². The minimum absolute atomic E-state index is 0.230. The van der Waals surface area contributed by atoms with Crippen molar-refractivity contribution in [2.75, 3.05) is 12.3 Å². The molecule has 0 spiro atoms. The summed E-state index contributed by atoms with van der Waals surface area (Å²) in [6, 6.07) is 0. The second kappa shape index (κ2) is 6.25. The molecule has 0 aliphatic carbocycles. The molecule has 5 heteroatoms. The van der Waals surface area contributed by atoms with Gasteiger partial charge < -0.3 is 5.32 Å². The first-order valence-electron chi connectivity index (χ1n) is 5.74. The van der Waals surface area contributed by atoms with E-state index in [-0.39, 0.29) is 5.54 Å². The number of H-pyrrole nitrogens is 1. The summed E-state index contributed by atoms with van der Waals surface area (Å²) in [4.78, 5) is 4.25. The molecule has 0 radical (unpaired) electrons. The molecule has 0 saturated heterocycles. The average molecular weight is 242 g/mol. The number of nitrogens with zero attached hydrogens (tertiary/aromatic N) is 2. The van der Waals surface area contributed by atoms with Crippen molar-refractivity contribution in [3.8, 4) is 0 Å². The van der Waals surface area contributed by atoms with Crippen LogP contribution < -0.4 is 5.32 Å². The summed E-state index contributed by atoms with van der Waals surface area (Å²) >= 11 is 1.72. The van der Waals surface area contributed by atoms with Gasteiger partial charge in [-0.1, -0.05) is 11.8 Å². The van der Waals surface area contributed by atoms with Crippen LogP contribution in [0.2, 0.25) is 0 Å². The predicted molar refractivity (Wildman–Crippen MR) is 68.8 cm³/mol. The number of unbranched alkanes of at least 4 members (excludes halogenated alkanes) is 1. The summed E-state index contributed by atoms with van der Waals surface area (Å²) in [6.45, 7) is 9.58. The number of hydrogen-bond acceptors (Lipinski definition) is 4. The second-order valence-corrected chi connectivity index (χ2v) is 6.00. The number of rotatable bonds is 6. The SMILES string of the molecule is Cc1nc(SCCCCNC(C)(C)C)n[nH]1. The monoisotopic (exact) mass is 242 g/mol. The lowest BCUT2D eigenvalue weighted by Crippen LogP contribution is -2.36. The van der Waals surface area contributed by atoms with Crippen molar-refractivity contribution < 1.29 is 0 Å². The molecule has 0 aliphatic rings. The molecule has 0 aromatic carbocycles. The molecular formula is C11H22N4S. The first-order chi connectivity index (χ1) is 7.47. The van der Waals surface area contributed by atoms with Crippen LogP contribution in [0.4, 0.5) is 0 Å². The molecule has 1 heterocycles. The lowest BCUT2D eigenvalue weighted by atomic mass is 10.1. The topological polar surface area (TPSA) is 53.6 Å². The van der Waals surface area contributed by atoms with Crippen LogP contribution in [0.1, 0.15) is 39.4 Å². The Bertz CT molecular complexity index is 303. The standard InChI is InChI=1S/C11H22N4S/c1-9-13-10(15-14-9)16-8-6-5-7-12-11(2,3)4/h12H,5-8H2,1-4H3,(H,13,14,15). The van der Waals surface area contributed by atoms with Gasteiger partial charge in [0.05, 0.1) is 0 Å². The maximum atomic E-state index is 4.25. The highest BCUT2D eigenvalue weighted by Gasteiger charge is 2.07. The van der Waals surface area contributed by atoms with E-state index in [0.717, 1.165) is 23.3 Å². The van der Waals surface area contributed by atoms with Gasteiger partial charge in [0.15, 0.2) is 0 Å². The Balaban J connectivity index is 2.00. The Morgan fingerprint density at radius 1 is 1.31 bits per heavy atom. The summed E-state index contributed by atoms with van der Waals surface area (Å²) in [5, 5.41) is 11.3. The molecule has 0 saturated carbocycles. The van der Waals surface area contributed by atoms with Gasteiger partial charge in [0.25, 0.3) is 0 Å². The molecule has 0 amide bonds. The zero-order valence-corrected chi connectivity index (χ0v) is 11.4. The van der Waals surface area contributed by atoms with E-state index < -0.39 is 0 Å². The fraction of sp³-hybridized carbons (Fsp3) is 0.818. The van der Waals surface area contributed by atoms with Crippen LogP contribution in [-0.4, -0.2) is 33.0 Å². The maximum absolute atomic E-state index is 4.25. The number of nitrogens with one attached hydrogen (secondary N) is 2. The van der Waals surface area contributed by atoms with Crippen LogP contribution in [0.15, 0.2) is 5.16 Å². The third-order valence-corrected chi connectivity index (χ3v) is 2.97. The van der Waals surface area contributed by atoms with Gasteiger partial charge in [-0.25, -0.2) is 4.98 Å². The summed E-state index contributed by atoms with van der Waals surface area (Å²) in [5.74, 6) is 1.97. The molecule has 0 bridgehead atoms. The summed E-state index contributed by atoms with van der Waals surface area (Å²) in [6.07, 6.45) is 2.40. The van der Waals surface area contributed by atoms with Crippen LogP contribution in [0.3, 0.4) is 0 Å². The molecule has 0 aliphatic heterocycles. The third-order valence-electron chi connectivity index (χ3n) is 2.03. The second-order valence-electron chi connectivity index (χ2n) is 4.94. The van der Waals surface area contributed by atoms with E-state index in [9.17, 15) is 0 Å². The van der Waals surface area contributed by atoms with Crippen LogP contribution in [0.25, 0.3) is 0 Å². The molecule has 92 valence electrons. The van der Waals surface area contributed by atoms with Gasteiger partial charge in [-0.2, -0.15) is 0 Å². The molecule has 0 atom stereocenters. The molecule has 1 aromatic rings. The van der Waals surface area contributed by atoms with Gasteiger partial charge in [0.1, 0.15) is 5.82 Å². The highest BCUT2D eigenvalue weighted by Crippen LogP contribution is 2.13. The van der Waals surface area contributed by atoms with Crippen LogP contribution in [0.5, 0.6) is 0 Å². The van der Waals surface area contributed by atoms with Crippen molar-refractivity contribution in [1.29, 1.82) is 0 Å². The van der Waals surface area contributed by atoms with E-state index in [0.29, 0.717) is 0 Å². The zero-order valence-electron chi connectivity index (χ0n) is 10.6. The highest BCUT2D eigenvalue weighted by atomic mass is 32.2. The molecule has 1 rings (SSSR count). The molecule has 0 unspecified atom stereocenters. The van der Waals surface area contributed by atoms with E-state index in [4.69, 9.17) is 0 Å². The lowest BCUT2D eigenvalue weighted by Gasteiger charge is -2.20. The Labute approximate surface area is 102 Å². The largest absolute Gasteiger partial charge is 0.312 e. The first kappa shape index (κ1) is 13.5. The summed E-state index contributed by atoms with van der Waals surface area (Å²) in [7, 11) is 0. The van der Waals surface area contributed by atoms with E-state index in [1.165, 1.54) is 12.8 Å². The number of aromatic nitrogens is 3. The van der Waals surface area contributed by atoms with Crippen LogP contribution >= 0.6 is 11.8 Å². The fourth-order valence-electron chi connectivity index (χ4n) is 1.24. The molecule has 0 fully saturated rings. The van der Waals surface area contributed by atoms with Crippen molar-refractivity contribution in [2.45, 2.75) is 51.2 Å². The van der Waals surface area contributed by atoms with E-state index in [2.05, 4.69) is 41.3 Å². The van der Waals surface area contributed by atoms with Gasteiger partial charge in [-0.05, 0) is 47.1 Å². The van der Waals surface area contributed by atoms with Crippen molar-refractivity contribution in [3.63, 3.8) is 0 Å². The van der Waals surface area contributed by atoms with E-state index in [1.54, 1.807) is 11.8 Å². The average Bonchev–Trinajstić information content (AvgIpc) is 2.56. The van der Waals surface area contributed by atoms with E-state index in [1.807, 2.05) is 6.92 Å². The van der Waals surface area contributed by atoms with Crippen LogP contribution in [0, 0.1) is 6.92 Å². The Morgan fingerprint density at radius 2 is 2.06 bits per heavy atom. The number of aryl methyl sites for hydroxylation is 1. The third kappa shape index (κ3) is 6.12. The zero-order chi connectivity index (χ0) is 12.0. The predicted octanol–water partition coefficient (Wildman–Crippen LogP) is 2.37. The van der Waals surface area contributed by atoms with Crippen LogP contribution in [-0.2, 0) is 0 Å². The van der Waals surface area contributed by atoms with Gasteiger partial charge in [-0.15, -0.1) is 5.10 Å². The molecule has 1 aromatic heterocycles. The number of aromatic amines is 1. The summed E-state index contributed by atoms with van der Waals surface area (Å²) < 4.78 is 0. The minimum Gasteiger partial charge on any atom is -0.312 e. The van der Waals surface area contributed by atoms with Crippen molar-refractivity contribution >= 4 is 11.8 Å². The smallest absolute Gasteiger partial charge is 0.208 e. The summed E-state index contributed by atoms with van der Waals surface area (Å²) in [5.41, 5.74) is 0.230. The van der Waals surface area contributed by atoms with Gasteiger partial charge in [0.2, 0.25) is 5.16 Å². The van der Waals surface area contributed by atoms with Crippen molar-refractivity contribution in [3.05, 3.63) is 5.82 Å². The fourth-order valence-corrected chi connectivity index (χ4v) is 2.08. The Kier molecular flexibility index (Phi) is 5.28. The molecule has 4 nitrogen and oxygen atoms in total. The Hall–Kier alpha value is -0.550. The quantitative estimate of drug-likeness (QED) is 0.594. The van der Waals surface area contributed by atoms with Gasteiger partial charge in [0, 0.05) is 11.3 Å². The molecular weight excluding hydrogens is 220 g/mol. The molecule has 2 N–H and O–H groups in total. The lowest BCUT2D eigenvalue weighted by molar-refractivity contribution is 0.421. The highest BCUT2D eigenvalue weighted by molar-refractivity contribution is 7.99. The van der Waals surface area contributed by atoms with Crippen molar-refractivity contribution in [2.24, 2.45) is 0 Å². The first-order valence-corrected chi connectivity index (χ1v) is 6.73. The van der Waals surface area contributed by atoms with E-state index >= 15 is 0 Å². The maximum Gasteiger partial charge on any atom is 0.208 e. The van der Waals surface area contributed by atoms with Gasteiger partial charge >= 0.3 is 0 Å². The minimum atomic E-state index is 0.230.